The summed E-state index contributed by atoms with van der Waals surface area (Å²) in [5.74, 6) is 0. The van der Waals surface area contributed by atoms with E-state index in [4.69, 9.17) is 10.8 Å². The zero-order chi connectivity index (χ0) is 8.43. The Balaban J connectivity index is 2.64. The SMILES string of the molecule is N[C@H](O)C1=CC(Br)CC(F)C1. The molecule has 4 heteroatoms. The molecule has 0 aromatic carbocycles. The van der Waals surface area contributed by atoms with Crippen LogP contribution in [0, 0.1) is 0 Å². The molecule has 1 aliphatic carbocycles. The molecule has 3 atom stereocenters. The van der Waals surface area contributed by atoms with Crippen molar-refractivity contribution < 1.29 is 9.50 Å². The van der Waals surface area contributed by atoms with Crippen molar-refractivity contribution in [2.75, 3.05) is 0 Å². The molecule has 2 unspecified atom stereocenters. The fraction of sp³-hybridized carbons (Fsp3) is 0.714. The monoisotopic (exact) mass is 223 g/mol. The highest BCUT2D eigenvalue weighted by Crippen LogP contribution is 2.26. The van der Waals surface area contributed by atoms with Crippen LogP contribution in [0.15, 0.2) is 11.6 Å². The molecule has 0 radical (unpaired) electrons. The maximum Gasteiger partial charge on any atom is 0.124 e. The maximum atomic E-state index is 12.8. The van der Waals surface area contributed by atoms with Gasteiger partial charge in [-0.25, -0.2) is 4.39 Å². The molecule has 1 rings (SSSR count). The van der Waals surface area contributed by atoms with Crippen LogP contribution in [-0.2, 0) is 0 Å². The molecule has 0 bridgehead atoms. The molecule has 3 N–H and O–H groups in total. The predicted molar refractivity (Wildman–Crippen MR) is 45.1 cm³/mol. The number of nitrogens with two attached hydrogens (primary N) is 1. The van der Waals surface area contributed by atoms with Crippen LogP contribution < -0.4 is 5.73 Å². The summed E-state index contributed by atoms with van der Waals surface area (Å²) < 4.78 is 12.8. The molecule has 64 valence electrons. The van der Waals surface area contributed by atoms with Gasteiger partial charge in [-0.3, -0.25) is 0 Å². The highest BCUT2D eigenvalue weighted by molar-refractivity contribution is 9.09. The summed E-state index contributed by atoms with van der Waals surface area (Å²) in [6.45, 7) is 0. The summed E-state index contributed by atoms with van der Waals surface area (Å²) in [5.41, 5.74) is 5.78. The van der Waals surface area contributed by atoms with Gasteiger partial charge in [0.15, 0.2) is 0 Å². The highest BCUT2D eigenvalue weighted by atomic mass is 79.9. The predicted octanol–water partition coefficient (Wildman–Crippen LogP) is 1.09. The standard InChI is InChI=1S/C7H11BrFNO/c8-5-1-4(7(10)11)2-6(9)3-5/h1,5-7,11H,2-3,10H2/t5?,6?,7-/m1/s1. The average Bonchev–Trinajstić information content (AvgIpc) is 1.85. The number of hydrogen-bond acceptors (Lipinski definition) is 2. The van der Waals surface area contributed by atoms with E-state index in [0.717, 1.165) is 0 Å². The first-order chi connectivity index (χ1) is 5.09. The first-order valence-electron chi connectivity index (χ1n) is 3.52. The van der Waals surface area contributed by atoms with Gasteiger partial charge in [-0.05, 0) is 12.0 Å². The lowest BCUT2D eigenvalue weighted by molar-refractivity contribution is 0.197. The van der Waals surface area contributed by atoms with Gasteiger partial charge >= 0.3 is 0 Å². The largest absolute Gasteiger partial charge is 0.375 e. The van der Waals surface area contributed by atoms with E-state index in [-0.39, 0.29) is 11.2 Å². The van der Waals surface area contributed by atoms with E-state index in [1.807, 2.05) is 0 Å². The molecule has 11 heavy (non-hydrogen) atoms. The molecular formula is C7H11BrFNO. The Morgan fingerprint density at radius 2 is 2.45 bits per heavy atom. The number of allylic oxidation sites excluding steroid dienone is 1. The summed E-state index contributed by atoms with van der Waals surface area (Å²) in [6.07, 6.45) is 0.627. The van der Waals surface area contributed by atoms with Crippen molar-refractivity contribution in [3.63, 3.8) is 0 Å². The zero-order valence-corrected chi connectivity index (χ0v) is 7.59. The van der Waals surface area contributed by atoms with Crippen LogP contribution in [0.4, 0.5) is 4.39 Å². The molecule has 0 aliphatic heterocycles. The lowest BCUT2D eigenvalue weighted by Gasteiger charge is -2.21. The van der Waals surface area contributed by atoms with E-state index in [0.29, 0.717) is 12.0 Å². The first-order valence-corrected chi connectivity index (χ1v) is 4.43. The van der Waals surface area contributed by atoms with Crippen molar-refractivity contribution in [3.8, 4) is 0 Å². The molecular weight excluding hydrogens is 213 g/mol. The summed E-state index contributed by atoms with van der Waals surface area (Å²) in [7, 11) is 0. The van der Waals surface area contributed by atoms with Gasteiger partial charge in [-0.15, -0.1) is 0 Å². The molecule has 0 spiro atoms. The minimum Gasteiger partial charge on any atom is -0.375 e. The van der Waals surface area contributed by atoms with Crippen molar-refractivity contribution >= 4 is 15.9 Å². The average molecular weight is 224 g/mol. The third-order valence-electron chi connectivity index (χ3n) is 1.71. The van der Waals surface area contributed by atoms with Gasteiger partial charge < -0.3 is 10.8 Å². The smallest absolute Gasteiger partial charge is 0.124 e. The number of hydrogen-bond donors (Lipinski definition) is 2. The van der Waals surface area contributed by atoms with Gasteiger partial charge in [0.25, 0.3) is 0 Å². The topological polar surface area (TPSA) is 46.2 Å². The van der Waals surface area contributed by atoms with Gasteiger partial charge in [0.1, 0.15) is 12.4 Å². The first kappa shape index (κ1) is 9.16. The molecule has 0 heterocycles. The Morgan fingerprint density at radius 3 is 2.91 bits per heavy atom. The Kier molecular flexibility index (Phi) is 3.04. The zero-order valence-electron chi connectivity index (χ0n) is 6.00. The molecule has 0 saturated heterocycles. The third kappa shape index (κ3) is 2.54. The Bertz CT molecular complexity index is 172. The molecule has 0 fully saturated rings. The van der Waals surface area contributed by atoms with Crippen molar-refractivity contribution in [1.82, 2.24) is 0 Å². The maximum absolute atomic E-state index is 12.8. The Morgan fingerprint density at radius 1 is 1.82 bits per heavy atom. The summed E-state index contributed by atoms with van der Waals surface area (Å²) in [6, 6.07) is 0. The van der Waals surface area contributed by atoms with E-state index >= 15 is 0 Å². The van der Waals surface area contributed by atoms with Gasteiger partial charge in [0.2, 0.25) is 0 Å². The minimum absolute atomic E-state index is 0.0134. The van der Waals surface area contributed by atoms with Crippen LogP contribution >= 0.6 is 15.9 Å². The van der Waals surface area contributed by atoms with Crippen LogP contribution in [0.2, 0.25) is 0 Å². The second kappa shape index (κ2) is 3.65. The second-order valence-corrected chi connectivity index (χ2v) is 3.92. The Labute approximate surface area is 73.4 Å². The summed E-state index contributed by atoms with van der Waals surface area (Å²) in [4.78, 5) is 0.0134. The molecule has 2 nitrogen and oxygen atoms in total. The fourth-order valence-corrected chi connectivity index (χ4v) is 1.92. The quantitative estimate of drug-likeness (QED) is 0.397. The van der Waals surface area contributed by atoms with Crippen molar-refractivity contribution in [2.45, 2.75) is 30.1 Å². The van der Waals surface area contributed by atoms with Crippen LogP contribution in [-0.4, -0.2) is 22.3 Å². The number of alkyl halides is 2. The van der Waals surface area contributed by atoms with Gasteiger partial charge in [-0.2, -0.15) is 0 Å². The lowest BCUT2D eigenvalue weighted by Crippen LogP contribution is -2.28. The van der Waals surface area contributed by atoms with Crippen LogP contribution in [0.25, 0.3) is 0 Å². The number of aliphatic hydroxyl groups excluding tert-OH is 1. The van der Waals surface area contributed by atoms with Crippen molar-refractivity contribution in [2.24, 2.45) is 5.73 Å². The van der Waals surface area contributed by atoms with Crippen molar-refractivity contribution in [3.05, 3.63) is 11.6 Å². The second-order valence-electron chi connectivity index (χ2n) is 2.74. The molecule has 0 saturated carbocycles. The number of aliphatic hydroxyl groups is 1. The summed E-state index contributed by atoms with van der Waals surface area (Å²) in [5, 5.41) is 8.93. The van der Waals surface area contributed by atoms with E-state index in [1.165, 1.54) is 0 Å². The van der Waals surface area contributed by atoms with Crippen LogP contribution in [0.5, 0.6) is 0 Å². The highest BCUT2D eigenvalue weighted by Gasteiger charge is 2.22. The van der Waals surface area contributed by atoms with Gasteiger partial charge in [0, 0.05) is 11.2 Å². The van der Waals surface area contributed by atoms with E-state index < -0.39 is 12.4 Å². The third-order valence-corrected chi connectivity index (χ3v) is 2.35. The Hall–Kier alpha value is 0.0700. The molecule has 0 aromatic heterocycles. The fourth-order valence-electron chi connectivity index (χ4n) is 1.17. The van der Waals surface area contributed by atoms with Crippen molar-refractivity contribution in [1.29, 1.82) is 0 Å². The molecule has 1 aliphatic rings. The van der Waals surface area contributed by atoms with Crippen LogP contribution in [0.1, 0.15) is 12.8 Å². The number of halogens is 2. The normalized spacial score (nSPS) is 34.7. The minimum atomic E-state index is -1.01. The summed E-state index contributed by atoms with van der Waals surface area (Å²) >= 11 is 3.25. The number of rotatable bonds is 1. The molecule has 0 amide bonds. The van der Waals surface area contributed by atoms with E-state index in [1.54, 1.807) is 6.08 Å². The lowest BCUT2D eigenvalue weighted by atomic mass is 9.97. The molecule has 0 aromatic rings. The van der Waals surface area contributed by atoms with Crippen LogP contribution in [0.3, 0.4) is 0 Å². The van der Waals surface area contributed by atoms with E-state index in [9.17, 15) is 4.39 Å². The van der Waals surface area contributed by atoms with Gasteiger partial charge in [-0.1, -0.05) is 22.0 Å². The van der Waals surface area contributed by atoms with E-state index in [2.05, 4.69) is 15.9 Å². The van der Waals surface area contributed by atoms with Gasteiger partial charge in [0.05, 0.1) is 0 Å².